The standard InChI is InChI=1S/C28H43NO8/c1-7-9-11-23(30)36-21-14-13-20(17-22(21)37-24(31)12-10-8-2)18-28(29,26(33)34-6)15-16-35-25(32)19-27(3,4)5/h13-14,17H,7-12,15-16,18-19,29H2,1-6H3/t28-/m1/s1. The van der Waals surface area contributed by atoms with Gasteiger partial charge in [-0.15, -0.1) is 0 Å². The first-order chi connectivity index (χ1) is 17.3. The highest BCUT2D eigenvalue weighted by Gasteiger charge is 2.36. The van der Waals surface area contributed by atoms with Crippen molar-refractivity contribution < 1.29 is 38.1 Å². The van der Waals surface area contributed by atoms with Gasteiger partial charge in [0.05, 0.1) is 20.1 Å². The van der Waals surface area contributed by atoms with E-state index in [1.807, 2.05) is 34.6 Å². The van der Waals surface area contributed by atoms with Crippen LogP contribution in [-0.2, 0) is 35.1 Å². The molecule has 1 aromatic carbocycles. The lowest BCUT2D eigenvalue weighted by atomic mass is 9.88. The van der Waals surface area contributed by atoms with Crippen molar-refractivity contribution in [3.05, 3.63) is 23.8 Å². The maximum absolute atomic E-state index is 12.6. The minimum absolute atomic E-state index is 0.0140. The molecule has 0 aliphatic rings. The van der Waals surface area contributed by atoms with Crippen molar-refractivity contribution >= 4 is 23.9 Å². The second-order valence-corrected chi connectivity index (χ2v) is 10.5. The average molecular weight is 522 g/mol. The van der Waals surface area contributed by atoms with Gasteiger partial charge in [0.2, 0.25) is 0 Å². The summed E-state index contributed by atoms with van der Waals surface area (Å²) >= 11 is 0. The van der Waals surface area contributed by atoms with Gasteiger partial charge in [-0.1, -0.05) is 53.5 Å². The lowest BCUT2D eigenvalue weighted by Gasteiger charge is -2.27. The zero-order valence-corrected chi connectivity index (χ0v) is 23.1. The molecule has 9 nitrogen and oxygen atoms in total. The maximum Gasteiger partial charge on any atom is 0.326 e. The number of nitrogens with two attached hydrogens (primary N) is 1. The maximum atomic E-state index is 12.6. The molecule has 0 saturated heterocycles. The molecule has 1 aromatic rings. The summed E-state index contributed by atoms with van der Waals surface area (Å²) in [5, 5.41) is 0. The molecular formula is C28H43NO8. The summed E-state index contributed by atoms with van der Waals surface area (Å²) in [6.45, 7) is 9.64. The number of hydrogen-bond donors (Lipinski definition) is 1. The highest BCUT2D eigenvalue weighted by molar-refractivity contribution is 5.81. The van der Waals surface area contributed by atoms with Gasteiger partial charge in [-0.3, -0.25) is 19.2 Å². The van der Waals surface area contributed by atoms with E-state index in [4.69, 9.17) is 24.7 Å². The van der Waals surface area contributed by atoms with Crippen LogP contribution >= 0.6 is 0 Å². The first kappa shape index (κ1) is 32.1. The largest absolute Gasteiger partial charge is 0.468 e. The Hall–Kier alpha value is -2.94. The second kappa shape index (κ2) is 15.3. The Kier molecular flexibility index (Phi) is 13.3. The van der Waals surface area contributed by atoms with Crippen LogP contribution in [0.4, 0.5) is 0 Å². The van der Waals surface area contributed by atoms with E-state index < -0.39 is 23.4 Å². The average Bonchev–Trinajstić information content (AvgIpc) is 2.81. The zero-order chi connectivity index (χ0) is 28.1. The molecule has 1 rings (SSSR count). The highest BCUT2D eigenvalue weighted by Crippen LogP contribution is 2.31. The fourth-order valence-corrected chi connectivity index (χ4v) is 3.48. The lowest BCUT2D eigenvalue weighted by Crippen LogP contribution is -2.51. The molecule has 2 N–H and O–H groups in total. The summed E-state index contributed by atoms with van der Waals surface area (Å²) in [5.41, 5.74) is 5.25. The molecule has 0 aromatic heterocycles. The Morgan fingerprint density at radius 1 is 0.865 bits per heavy atom. The molecule has 0 spiro atoms. The van der Waals surface area contributed by atoms with Gasteiger partial charge >= 0.3 is 23.9 Å². The number of rotatable bonds is 15. The fourth-order valence-electron chi connectivity index (χ4n) is 3.48. The SMILES string of the molecule is CCCCC(=O)Oc1ccc(C[C@](N)(CCOC(=O)CC(C)(C)C)C(=O)OC)cc1OC(=O)CCCC. The van der Waals surface area contributed by atoms with Crippen LogP contribution in [0, 0.1) is 5.41 Å². The number of ether oxygens (including phenoxy) is 4. The summed E-state index contributed by atoms with van der Waals surface area (Å²) in [7, 11) is 1.23. The molecule has 0 radical (unpaired) electrons. The third kappa shape index (κ3) is 12.2. The van der Waals surface area contributed by atoms with Crippen LogP contribution in [0.1, 0.15) is 91.5 Å². The monoisotopic (exact) mass is 521 g/mol. The minimum Gasteiger partial charge on any atom is -0.468 e. The van der Waals surface area contributed by atoms with Crippen LogP contribution in [0.25, 0.3) is 0 Å². The van der Waals surface area contributed by atoms with E-state index in [2.05, 4.69) is 0 Å². The molecule has 0 amide bonds. The molecule has 9 heteroatoms. The van der Waals surface area contributed by atoms with Crippen molar-refractivity contribution in [3.63, 3.8) is 0 Å². The fraction of sp³-hybridized carbons (Fsp3) is 0.643. The molecule has 1 atom stereocenters. The van der Waals surface area contributed by atoms with Crippen LogP contribution in [-0.4, -0.2) is 43.1 Å². The highest BCUT2D eigenvalue weighted by atomic mass is 16.6. The molecule has 208 valence electrons. The molecule has 0 fully saturated rings. The van der Waals surface area contributed by atoms with Crippen LogP contribution in [0.2, 0.25) is 0 Å². The summed E-state index contributed by atoms with van der Waals surface area (Å²) in [6, 6.07) is 4.69. The van der Waals surface area contributed by atoms with Gasteiger partial charge in [-0.05, 0) is 36.0 Å². The van der Waals surface area contributed by atoms with Gasteiger partial charge in [-0.25, -0.2) is 0 Å². The Morgan fingerprint density at radius 2 is 1.43 bits per heavy atom. The predicted octanol–water partition coefficient (Wildman–Crippen LogP) is 4.66. The molecule has 0 aliphatic heterocycles. The number of unbranched alkanes of at least 4 members (excludes halogenated alkanes) is 2. The summed E-state index contributed by atoms with van der Waals surface area (Å²) in [5.74, 6) is -1.74. The minimum atomic E-state index is -1.50. The van der Waals surface area contributed by atoms with Crippen molar-refractivity contribution in [3.8, 4) is 11.5 Å². The van der Waals surface area contributed by atoms with Gasteiger partial charge in [0.15, 0.2) is 11.5 Å². The number of carbonyl (C=O) groups is 4. The third-order valence-corrected chi connectivity index (χ3v) is 5.52. The van der Waals surface area contributed by atoms with E-state index in [-0.39, 0.29) is 61.6 Å². The number of hydrogen-bond acceptors (Lipinski definition) is 9. The molecule has 0 aliphatic carbocycles. The first-order valence-corrected chi connectivity index (χ1v) is 12.9. The molecule has 0 saturated carbocycles. The topological polar surface area (TPSA) is 131 Å². The zero-order valence-electron chi connectivity index (χ0n) is 23.1. The number of esters is 4. The number of carbonyl (C=O) groups excluding carboxylic acids is 4. The van der Waals surface area contributed by atoms with Crippen molar-refractivity contribution in [1.29, 1.82) is 0 Å². The van der Waals surface area contributed by atoms with Crippen molar-refractivity contribution in [2.75, 3.05) is 13.7 Å². The Labute approximate surface area is 220 Å². The van der Waals surface area contributed by atoms with E-state index >= 15 is 0 Å². The Bertz CT molecular complexity index is 921. The quantitative estimate of drug-likeness (QED) is 0.258. The summed E-state index contributed by atoms with van der Waals surface area (Å²) in [4.78, 5) is 49.2. The van der Waals surface area contributed by atoms with Gasteiger partial charge in [0, 0.05) is 25.7 Å². The normalized spacial score (nSPS) is 12.8. The second-order valence-electron chi connectivity index (χ2n) is 10.5. The molecule has 0 bridgehead atoms. The van der Waals surface area contributed by atoms with Crippen molar-refractivity contribution in [1.82, 2.24) is 0 Å². The van der Waals surface area contributed by atoms with E-state index in [9.17, 15) is 19.2 Å². The van der Waals surface area contributed by atoms with Gasteiger partial charge in [-0.2, -0.15) is 0 Å². The summed E-state index contributed by atoms with van der Waals surface area (Å²) in [6.07, 6.45) is 3.72. The van der Waals surface area contributed by atoms with Gasteiger partial charge < -0.3 is 24.7 Å². The number of methoxy groups -OCH3 is 1. The van der Waals surface area contributed by atoms with Gasteiger partial charge in [0.25, 0.3) is 0 Å². The summed E-state index contributed by atoms with van der Waals surface area (Å²) < 4.78 is 21.2. The third-order valence-electron chi connectivity index (χ3n) is 5.52. The van der Waals surface area contributed by atoms with Crippen LogP contribution in [0.5, 0.6) is 11.5 Å². The van der Waals surface area contributed by atoms with E-state index in [1.54, 1.807) is 6.07 Å². The molecular weight excluding hydrogens is 478 g/mol. The van der Waals surface area contributed by atoms with Crippen LogP contribution < -0.4 is 15.2 Å². The van der Waals surface area contributed by atoms with Crippen molar-refractivity contribution in [2.45, 2.75) is 97.9 Å². The lowest BCUT2D eigenvalue weighted by molar-refractivity contribution is -0.152. The Balaban J connectivity index is 3.11. The Morgan fingerprint density at radius 3 is 1.95 bits per heavy atom. The molecule has 37 heavy (non-hydrogen) atoms. The van der Waals surface area contributed by atoms with E-state index in [0.717, 1.165) is 12.8 Å². The molecule has 0 unspecified atom stereocenters. The van der Waals surface area contributed by atoms with Crippen LogP contribution in [0.15, 0.2) is 18.2 Å². The smallest absolute Gasteiger partial charge is 0.326 e. The van der Waals surface area contributed by atoms with Gasteiger partial charge in [0.1, 0.15) is 5.54 Å². The predicted molar refractivity (Wildman–Crippen MR) is 139 cm³/mol. The van der Waals surface area contributed by atoms with Crippen molar-refractivity contribution in [2.24, 2.45) is 11.1 Å². The van der Waals surface area contributed by atoms with E-state index in [0.29, 0.717) is 18.4 Å². The molecule has 0 heterocycles. The van der Waals surface area contributed by atoms with Crippen LogP contribution in [0.3, 0.4) is 0 Å². The first-order valence-electron chi connectivity index (χ1n) is 12.9. The number of benzene rings is 1. The van der Waals surface area contributed by atoms with E-state index in [1.165, 1.54) is 19.2 Å².